The van der Waals surface area contributed by atoms with E-state index in [4.69, 9.17) is 37.1 Å². The lowest BCUT2D eigenvalue weighted by Crippen LogP contribution is -2.20. The van der Waals surface area contributed by atoms with Crippen molar-refractivity contribution in [3.8, 4) is 5.75 Å². The summed E-state index contributed by atoms with van der Waals surface area (Å²) < 4.78 is 16.1. The largest absolute Gasteiger partial charge is 0.482 e. The molecule has 1 aliphatic rings. The standard InChI is InChI=1S/C14H13Cl2N3O4/c15-8-3-4-10(9(16)6-8)22-7-12(20)17-14-19-18-13(23-14)11-2-1-5-21-11/h3-4,6,11H,1-2,5,7H2,(H,17,19,20). The van der Waals surface area contributed by atoms with Gasteiger partial charge in [0.05, 0.1) is 5.02 Å². The van der Waals surface area contributed by atoms with E-state index in [9.17, 15) is 4.79 Å². The van der Waals surface area contributed by atoms with E-state index >= 15 is 0 Å². The number of hydrogen-bond donors (Lipinski definition) is 1. The second-order valence-corrected chi connectivity index (χ2v) is 5.70. The van der Waals surface area contributed by atoms with E-state index in [0.717, 1.165) is 12.8 Å². The van der Waals surface area contributed by atoms with Gasteiger partial charge in [-0.3, -0.25) is 10.1 Å². The minimum absolute atomic E-state index is 0.00584. The predicted octanol–water partition coefficient (Wildman–Crippen LogP) is 3.25. The molecule has 0 spiro atoms. The molecular weight excluding hydrogens is 345 g/mol. The molecule has 122 valence electrons. The highest BCUT2D eigenvalue weighted by molar-refractivity contribution is 6.35. The molecule has 0 bridgehead atoms. The average molecular weight is 358 g/mol. The first-order valence-electron chi connectivity index (χ1n) is 6.94. The van der Waals surface area contributed by atoms with E-state index in [1.54, 1.807) is 12.1 Å². The first-order valence-corrected chi connectivity index (χ1v) is 7.70. The predicted molar refractivity (Wildman–Crippen MR) is 82.8 cm³/mol. The lowest BCUT2D eigenvalue weighted by Gasteiger charge is -2.07. The molecule has 1 saturated heterocycles. The summed E-state index contributed by atoms with van der Waals surface area (Å²) in [5, 5.41) is 10.9. The Balaban J connectivity index is 1.53. The van der Waals surface area contributed by atoms with Crippen LogP contribution in [0.3, 0.4) is 0 Å². The van der Waals surface area contributed by atoms with Crippen molar-refractivity contribution in [1.29, 1.82) is 0 Å². The molecule has 0 aliphatic carbocycles. The molecule has 1 amide bonds. The number of ether oxygens (including phenoxy) is 2. The fourth-order valence-electron chi connectivity index (χ4n) is 2.08. The zero-order valence-electron chi connectivity index (χ0n) is 11.9. The third kappa shape index (κ3) is 4.13. The molecule has 7 nitrogen and oxygen atoms in total. The van der Waals surface area contributed by atoms with Crippen LogP contribution in [-0.2, 0) is 9.53 Å². The Kier molecular flexibility index (Phi) is 5.00. The van der Waals surface area contributed by atoms with Gasteiger partial charge >= 0.3 is 6.01 Å². The van der Waals surface area contributed by atoms with Gasteiger partial charge in [0.15, 0.2) is 6.61 Å². The van der Waals surface area contributed by atoms with Crippen LogP contribution >= 0.6 is 23.2 Å². The maximum absolute atomic E-state index is 11.8. The number of carbonyl (C=O) groups excluding carboxylic acids is 1. The lowest BCUT2D eigenvalue weighted by molar-refractivity contribution is -0.118. The Morgan fingerprint density at radius 1 is 1.39 bits per heavy atom. The van der Waals surface area contributed by atoms with Gasteiger partial charge in [-0.25, -0.2) is 0 Å². The number of rotatable bonds is 5. The first-order chi connectivity index (χ1) is 11.1. The number of benzene rings is 1. The van der Waals surface area contributed by atoms with Crippen LogP contribution in [0.4, 0.5) is 6.01 Å². The van der Waals surface area contributed by atoms with E-state index in [0.29, 0.717) is 28.3 Å². The number of hydrogen-bond acceptors (Lipinski definition) is 6. The third-order valence-corrected chi connectivity index (χ3v) is 3.68. The molecular formula is C14H13Cl2N3O4. The van der Waals surface area contributed by atoms with Crippen molar-refractivity contribution in [3.63, 3.8) is 0 Å². The van der Waals surface area contributed by atoms with Crippen molar-refractivity contribution in [1.82, 2.24) is 10.2 Å². The van der Waals surface area contributed by atoms with Crippen LogP contribution in [0.15, 0.2) is 22.6 Å². The minimum Gasteiger partial charge on any atom is -0.482 e. The third-order valence-electron chi connectivity index (χ3n) is 3.14. The van der Waals surface area contributed by atoms with Crippen LogP contribution in [0.1, 0.15) is 24.8 Å². The Morgan fingerprint density at radius 2 is 2.26 bits per heavy atom. The fraction of sp³-hybridized carbons (Fsp3) is 0.357. The molecule has 1 aromatic heterocycles. The Morgan fingerprint density at radius 3 is 3.00 bits per heavy atom. The number of anilines is 1. The summed E-state index contributed by atoms with van der Waals surface area (Å²) in [5.74, 6) is 0.273. The van der Waals surface area contributed by atoms with Gasteiger partial charge in [-0.1, -0.05) is 28.3 Å². The van der Waals surface area contributed by atoms with Crippen molar-refractivity contribution in [2.24, 2.45) is 0 Å². The first kappa shape index (κ1) is 16.0. The summed E-state index contributed by atoms with van der Waals surface area (Å²) >= 11 is 11.7. The summed E-state index contributed by atoms with van der Waals surface area (Å²) in [6.45, 7) is 0.420. The molecule has 23 heavy (non-hydrogen) atoms. The molecule has 1 aromatic carbocycles. The molecule has 0 radical (unpaired) electrons. The van der Waals surface area contributed by atoms with Crippen molar-refractivity contribution < 1.29 is 18.7 Å². The van der Waals surface area contributed by atoms with Crippen LogP contribution in [0, 0.1) is 0 Å². The molecule has 2 aromatic rings. The van der Waals surface area contributed by atoms with Crippen LogP contribution < -0.4 is 10.1 Å². The Bertz CT molecular complexity index is 701. The number of halogens is 2. The molecule has 3 rings (SSSR count). The molecule has 1 atom stereocenters. The van der Waals surface area contributed by atoms with Crippen molar-refractivity contribution >= 4 is 35.1 Å². The van der Waals surface area contributed by atoms with Gasteiger partial charge in [0.2, 0.25) is 5.89 Å². The van der Waals surface area contributed by atoms with E-state index in [2.05, 4.69) is 15.5 Å². The topological polar surface area (TPSA) is 86.5 Å². The Labute approximate surface area is 141 Å². The number of nitrogens with one attached hydrogen (secondary N) is 1. The second-order valence-electron chi connectivity index (χ2n) is 4.86. The van der Waals surface area contributed by atoms with Gasteiger partial charge in [-0.15, -0.1) is 5.10 Å². The quantitative estimate of drug-likeness (QED) is 0.883. The van der Waals surface area contributed by atoms with Gasteiger partial charge in [0, 0.05) is 11.6 Å². The highest BCUT2D eigenvalue weighted by atomic mass is 35.5. The van der Waals surface area contributed by atoms with Crippen LogP contribution in [0.5, 0.6) is 5.75 Å². The maximum atomic E-state index is 11.8. The number of carbonyl (C=O) groups is 1. The summed E-state index contributed by atoms with van der Waals surface area (Å²) in [6.07, 6.45) is 1.58. The molecule has 1 aliphatic heterocycles. The monoisotopic (exact) mass is 357 g/mol. The van der Waals surface area contributed by atoms with Gasteiger partial charge in [0.1, 0.15) is 11.9 Å². The number of aromatic nitrogens is 2. The maximum Gasteiger partial charge on any atom is 0.322 e. The number of amides is 1. The van der Waals surface area contributed by atoms with Crippen molar-refractivity contribution in [2.45, 2.75) is 18.9 Å². The van der Waals surface area contributed by atoms with Crippen molar-refractivity contribution in [3.05, 3.63) is 34.1 Å². The van der Waals surface area contributed by atoms with E-state index in [-0.39, 0.29) is 18.7 Å². The van der Waals surface area contributed by atoms with Gasteiger partial charge < -0.3 is 13.9 Å². The molecule has 0 saturated carbocycles. The average Bonchev–Trinajstić information content (AvgIpc) is 3.17. The highest BCUT2D eigenvalue weighted by Crippen LogP contribution is 2.28. The lowest BCUT2D eigenvalue weighted by atomic mass is 10.2. The smallest absolute Gasteiger partial charge is 0.322 e. The van der Waals surface area contributed by atoms with E-state index in [1.165, 1.54) is 6.07 Å². The van der Waals surface area contributed by atoms with Crippen LogP contribution in [-0.4, -0.2) is 29.3 Å². The normalized spacial score (nSPS) is 17.2. The van der Waals surface area contributed by atoms with Crippen molar-refractivity contribution in [2.75, 3.05) is 18.5 Å². The zero-order chi connectivity index (χ0) is 16.2. The van der Waals surface area contributed by atoms with E-state index < -0.39 is 5.91 Å². The van der Waals surface area contributed by atoms with Gasteiger partial charge in [0.25, 0.3) is 5.91 Å². The van der Waals surface area contributed by atoms with Crippen LogP contribution in [0.2, 0.25) is 10.0 Å². The summed E-state index contributed by atoms with van der Waals surface area (Å²) in [6, 6.07) is 4.74. The molecule has 1 unspecified atom stereocenters. The van der Waals surface area contributed by atoms with E-state index in [1.807, 2.05) is 0 Å². The second kappa shape index (κ2) is 7.16. The summed E-state index contributed by atoms with van der Waals surface area (Å²) in [4.78, 5) is 11.8. The zero-order valence-corrected chi connectivity index (χ0v) is 13.4. The molecule has 9 heteroatoms. The summed E-state index contributed by atoms with van der Waals surface area (Å²) in [5.41, 5.74) is 0. The van der Waals surface area contributed by atoms with Crippen LogP contribution in [0.25, 0.3) is 0 Å². The highest BCUT2D eigenvalue weighted by Gasteiger charge is 2.24. The molecule has 1 fully saturated rings. The summed E-state index contributed by atoms with van der Waals surface area (Å²) in [7, 11) is 0. The molecule has 2 heterocycles. The number of nitrogens with zero attached hydrogens (tertiary/aromatic N) is 2. The fourth-order valence-corrected chi connectivity index (χ4v) is 2.54. The Hall–Kier alpha value is -1.83. The minimum atomic E-state index is -0.446. The molecule has 1 N–H and O–H groups in total. The van der Waals surface area contributed by atoms with Gasteiger partial charge in [-0.2, -0.15) is 0 Å². The SMILES string of the molecule is O=C(COc1ccc(Cl)cc1Cl)Nc1nnc(C2CCCO2)o1. The van der Waals surface area contributed by atoms with Gasteiger partial charge in [-0.05, 0) is 31.0 Å².